The van der Waals surface area contributed by atoms with E-state index in [0.29, 0.717) is 16.6 Å². The molecule has 5 nitrogen and oxygen atoms in total. The minimum Gasteiger partial charge on any atom is -0.474 e. The maximum atomic E-state index is 12.0. The molecule has 1 amide bonds. The van der Waals surface area contributed by atoms with Gasteiger partial charge in [0.15, 0.2) is 0 Å². The molecule has 1 aromatic carbocycles. The minimum atomic E-state index is -0.217. The summed E-state index contributed by atoms with van der Waals surface area (Å²) < 4.78 is 5.90. The van der Waals surface area contributed by atoms with Gasteiger partial charge in [0.1, 0.15) is 6.10 Å². The Kier molecular flexibility index (Phi) is 6.26. The number of carbonyl (C=O) groups excluding carboxylic acids is 1. The molecule has 2 heterocycles. The predicted octanol–water partition coefficient (Wildman–Crippen LogP) is 3.86. The number of benzene rings is 1. The molecule has 0 aliphatic carbocycles. The van der Waals surface area contributed by atoms with E-state index in [1.54, 1.807) is 36.5 Å². The number of aromatic nitrogens is 1. The standard InChI is InChI=1S/C20H22ClN3O2/c1-24-12-10-18(11-13-24)26-20-9-7-17(14-22-20)23-19(25)8-4-15-2-5-16(21)6-3-15/h2-9,14,18H,10-13H2,1H3,(H,23,25)/b8-4+. The van der Waals surface area contributed by atoms with Crippen molar-refractivity contribution in [3.8, 4) is 5.88 Å². The number of carbonyl (C=O) groups is 1. The van der Waals surface area contributed by atoms with Crippen LogP contribution in [0.4, 0.5) is 5.69 Å². The average molecular weight is 372 g/mol. The SMILES string of the molecule is CN1CCC(Oc2ccc(NC(=O)/C=C/c3ccc(Cl)cc3)cn2)CC1. The molecular formula is C20H22ClN3O2. The van der Waals surface area contributed by atoms with Crippen molar-refractivity contribution in [2.75, 3.05) is 25.5 Å². The summed E-state index contributed by atoms with van der Waals surface area (Å²) in [4.78, 5) is 18.6. The van der Waals surface area contributed by atoms with Gasteiger partial charge in [-0.1, -0.05) is 23.7 Å². The predicted molar refractivity (Wildman–Crippen MR) is 104 cm³/mol. The summed E-state index contributed by atoms with van der Waals surface area (Å²) in [6.45, 7) is 2.08. The number of amides is 1. The van der Waals surface area contributed by atoms with E-state index in [9.17, 15) is 4.79 Å². The van der Waals surface area contributed by atoms with Crippen LogP contribution in [-0.2, 0) is 4.79 Å². The number of hydrogen-bond donors (Lipinski definition) is 1. The molecule has 1 fully saturated rings. The normalized spacial score (nSPS) is 15.9. The molecule has 0 unspecified atom stereocenters. The smallest absolute Gasteiger partial charge is 0.248 e. The van der Waals surface area contributed by atoms with Crippen LogP contribution in [0.3, 0.4) is 0 Å². The van der Waals surface area contributed by atoms with Crippen LogP contribution in [0, 0.1) is 0 Å². The van der Waals surface area contributed by atoms with Gasteiger partial charge in [-0.25, -0.2) is 4.98 Å². The van der Waals surface area contributed by atoms with E-state index in [-0.39, 0.29) is 12.0 Å². The fourth-order valence-corrected chi connectivity index (χ4v) is 2.85. The molecule has 1 aliphatic heterocycles. The number of rotatable bonds is 5. The fourth-order valence-electron chi connectivity index (χ4n) is 2.73. The first-order chi connectivity index (χ1) is 12.6. The van der Waals surface area contributed by atoms with E-state index in [4.69, 9.17) is 16.3 Å². The third-order valence-corrected chi connectivity index (χ3v) is 4.51. The topological polar surface area (TPSA) is 54.5 Å². The summed E-state index contributed by atoms with van der Waals surface area (Å²) in [5.74, 6) is 0.375. The number of hydrogen-bond acceptors (Lipinski definition) is 4. The van der Waals surface area contributed by atoms with Gasteiger partial charge in [-0.15, -0.1) is 0 Å². The van der Waals surface area contributed by atoms with Gasteiger partial charge in [0, 0.05) is 30.3 Å². The van der Waals surface area contributed by atoms with Crippen molar-refractivity contribution >= 4 is 29.3 Å². The number of anilines is 1. The van der Waals surface area contributed by atoms with Crippen LogP contribution >= 0.6 is 11.6 Å². The van der Waals surface area contributed by atoms with Gasteiger partial charge in [0.25, 0.3) is 0 Å². The van der Waals surface area contributed by atoms with Crippen molar-refractivity contribution in [2.45, 2.75) is 18.9 Å². The molecule has 136 valence electrons. The minimum absolute atomic E-state index is 0.210. The quantitative estimate of drug-likeness (QED) is 0.811. The van der Waals surface area contributed by atoms with Gasteiger partial charge in [-0.05, 0) is 49.7 Å². The van der Waals surface area contributed by atoms with Gasteiger partial charge in [-0.3, -0.25) is 4.79 Å². The van der Waals surface area contributed by atoms with Crippen LogP contribution in [0.25, 0.3) is 6.08 Å². The Labute approximate surface area is 158 Å². The Balaban J connectivity index is 1.50. The van der Waals surface area contributed by atoms with Crippen LogP contribution in [-0.4, -0.2) is 42.0 Å². The lowest BCUT2D eigenvalue weighted by Gasteiger charge is -2.28. The van der Waals surface area contributed by atoms with Gasteiger partial charge < -0.3 is 15.0 Å². The van der Waals surface area contributed by atoms with E-state index in [1.807, 2.05) is 12.1 Å². The lowest BCUT2D eigenvalue weighted by molar-refractivity contribution is -0.111. The number of ether oxygens (including phenoxy) is 1. The second-order valence-electron chi connectivity index (χ2n) is 6.38. The van der Waals surface area contributed by atoms with Crippen LogP contribution in [0.5, 0.6) is 5.88 Å². The molecule has 6 heteroatoms. The zero-order valence-electron chi connectivity index (χ0n) is 14.7. The van der Waals surface area contributed by atoms with Crippen molar-refractivity contribution in [1.29, 1.82) is 0 Å². The van der Waals surface area contributed by atoms with Crippen molar-refractivity contribution in [3.63, 3.8) is 0 Å². The van der Waals surface area contributed by atoms with Crippen LogP contribution in [0.15, 0.2) is 48.7 Å². The number of pyridine rings is 1. The van der Waals surface area contributed by atoms with Crippen molar-refractivity contribution in [1.82, 2.24) is 9.88 Å². The number of nitrogens with one attached hydrogen (secondary N) is 1. The fraction of sp³-hybridized carbons (Fsp3) is 0.300. The summed E-state index contributed by atoms with van der Waals surface area (Å²) in [6, 6.07) is 10.9. The van der Waals surface area contributed by atoms with Gasteiger partial charge in [-0.2, -0.15) is 0 Å². The molecule has 0 saturated carbocycles. The molecule has 1 aromatic heterocycles. The van der Waals surface area contributed by atoms with Crippen molar-refractivity contribution in [2.24, 2.45) is 0 Å². The van der Waals surface area contributed by atoms with Crippen LogP contribution in [0.1, 0.15) is 18.4 Å². The number of nitrogens with zero attached hydrogens (tertiary/aromatic N) is 2. The third kappa shape index (κ3) is 5.58. The zero-order chi connectivity index (χ0) is 18.4. The highest BCUT2D eigenvalue weighted by atomic mass is 35.5. The Bertz CT molecular complexity index is 752. The van der Waals surface area contributed by atoms with Crippen molar-refractivity contribution < 1.29 is 9.53 Å². The maximum absolute atomic E-state index is 12.0. The molecule has 2 aromatic rings. The highest BCUT2D eigenvalue weighted by molar-refractivity contribution is 6.30. The number of piperidine rings is 1. The first-order valence-corrected chi connectivity index (χ1v) is 9.02. The van der Waals surface area contributed by atoms with E-state index in [2.05, 4.69) is 22.2 Å². The monoisotopic (exact) mass is 371 g/mol. The first-order valence-electron chi connectivity index (χ1n) is 8.64. The summed E-state index contributed by atoms with van der Waals surface area (Å²) in [5, 5.41) is 3.45. The Morgan fingerprint density at radius 1 is 1.23 bits per heavy atom. The maximum Gasteiger partial charge on any atom is 0.248 e. The summed E-state index contributed by atoms with van der Waals surface area (Å²) >= 11 is 5.84. The average Bonchev–Trinajstić information content (AvgIpc) is 2.65. The van der Waals surface area contributed by atoms with Gasteiger partial charge in [0.2, 0.25) is 11.8 Å². The van der Waals surface area contributed by atoms with Crippen molar-refractivity contribution in [3.05, 3.63) is 59.3 Å². The molecule has 26 heavy (non-hydrogen) atoms. The van der Waals surface area contributed by atoms with Gasteiger partial charge >= 0.3 is 0 Å². The van der Waals surface area contributed by atoms with E-state index in [0.717, 1.165) is 31.5 Å². The summed E-state index contributed by atoms with van der Waals surface area (Å²) in [5.41, 5.74) is 1.54. The van der Waals surface area contributed by atoms with E-state index in [1.165, 1.54) is 6.08 Å². The molecule has 0 radical (unpaired) electrons. The summed E-state index contributed by atoms with van der Waals surface area (Å²) in [7, 11) is 2.12. The highest BCUT2D eigenvalue weighted by Crippen LogP contribution is 2.18. The Morgan fingerprint density at radius 2 is 1.96 bits per heavy atom. The lowest BCUT2D eigenvalue weighted by Crippen LogP contribution is -2.35. The molecule has 3 rings (SSSR count). The van der Waals surface area contributed by atoms with Gasteiger partial charge in [0.05, 0.1) is 11.9 Å². The lowest BCUT2D eigenvalue weighted by atomic mass is 10.1. The molecule has 0 spiro atoms. The third-order valence-electron chi connectivity index (χ3n) is 4.25. The largest absolute Gasteiger partial charge is 0.474 e. The summed E-state index contributed by atoms with van der Waals surface area (Å²) in [6.07, 6.45) is 7.04. The molecule has 1 saturated heterocycles. The van der Waals surface area contributed by atoms with Crippen LogP contribution < -0.4 is 10.1 Å². The molecule has 1 N–H and O–H groups in total. The van der Waals surface area contributed by atoms with E-state index >= 15 is 0 Å². The highest BCUT2D eigenvalue weighted by Gasteiger charge is 2.18. The molecule has 0 bridgehead atoms. The number of likely N-dealkylation sites (tertiary alicyclic amines) is 1. The molecule has 0 atom stereocenters. The van der Waals surface area contributed by atoms with E-state index < -0.39 is 0 Å². The Morgan fingerprint density at radius 3 is 2.62 bits per heavy atom. The number of halogens is 1. The zero-order valence-corrected chi connectivity index (χ0v) is 15.4. The second-order valence-corrected chi connectivity index (χ2v) is 6.82. The first kappa shape index (κ1) is 18.4. The Hall–Kier alpha value is -2.37. The molecule has 1 aliphatic rings. The second kappa shape index (κ2) is 8.83. The van der Waals surface area contributed by atoms with Crippen LogP contribution in [0.2, 0.25) is 5.02 Å². The molecular weight excluding hydrogens is 350 g/mol.